The highest BCUT2D eigenvalue weighted by atomic mass is 19.4. The molecule has 4 rings (SSSR count). The number of rotatable bonds is 4. The van der Waals surface area contributed by atoms with Crippen LogP contribution in [0.3, 0.4) is 0 Å². The zero-order valence-corrected chi connectivity index (χ0v) is 22.9. The molecule has 7 nitrogen and oxygen atoms in total. The number of hydrogen-bond donors (Lipinski definition) is 1. The largest absolute Gasteiger partial charge is 0.490 e. The Balaban J connectivity index is 0.000000532. The van der Waals surface area contributed by atoms with Crippen LogP contribution in [0.5, 0.6) is 0 Å². The third-order valence-corrected chi connectivity index (χ3v) is 6.80. The predicted octanol–water partition coefficient (Wildman–Crippen LogP) is 5.52. The maximum absolute atomic E-state index is 13.0. The van der Waals surface area contributed by atoms with E-state index in [0.29, 0.717) is 6.04 Å². The van der Waals surface area contributed by atoms with Crippen molar-refractivity contribution < 1.29 is 27.9 Å². The van der Waals surface area contributed by atoms with E-state index in [4.69, 9.17) is 14.9 Å². The van der Waals surface area contributed by atoms with Crippen LogP contribution in [0.1, 0.15) is 44.7 Å². The third-order valence-electron chi connectivity index (χ3n) is 6.80. The number of carboxylic acids is 1. The molecule has 0 unspecified atom stereocenters. The first kappa shape index (κ1) is 29.9. The second-order valence-corrected chi connectivity index (χ2v) is 10.8. The highest BCUT2D eigenvalue weighted by molar-refractivity contribution is 5.95. The summed E-state index contributed by atoms with van der Waals surface area (Å²) in [6.45, 7) is 8.69. The molecule has 1 amide bonds. The molecule has 1 N–H and O–H groups in total. The highest BCUT2D eigenvalue weighted by Gasteiger charge is 2.38. The summed E-state index contributed by atoms with van der Waals surface area (Å²) in [5.41, 5.74) is 5.23. The number of carbonyl (C=O) groups excluding carboxylic acids is 1. The first-order valence-corrected chi connectivity index (χ1v) is 12.7. The standard InChI is InChI=1S/C27H34N4O.C2HF3O2/c1-27(2,3)21-17-20(11-12-25(32)30(5)22-13-15-29(4)16-14-22)26-24(18-21)28-19-31(26)23-9-7-6-8-10-23;3-2(4,5)1(6)7/h6-12,17-19,22H,13-16H2,1-5H3;(H,6,7)/b12-11+;. The van der Waals surface area contributed by atoms with Crippen LogP contribution in [-0.4, -0.2) is 75.7 Å². The fourth-order valence-electron chi connectivity index (χ4n) is 4.36. The van der Waals surface area contributed by atoms with Gasteiger partial charge in [-0.25, -0.2) is 9.78 Å². The van der Waals surface area contributed by atoms with Crippen molar-refractivity contribution in [3.05, 3.63) is 66.0 Å². The minimum atomic E-state index is -5.08. The zero-order valence-electron chi connectivity index (χ0n) is 22.9. The maximum atomic E-state index is 13.0. The lowest BCUT2D eigenvalue weighted by Gasteiger charge is -2.34. The number of para-hydroxylation sites is 1. The van der Waals surface area contributed by atoms with Gasteiger partial charge in [-0.15, -0.1) is 0 Å². The summed E-state index contributed by atoms with van der Waals surface area (Å²) in [7, 11) is 4.07. The van der Waals surface area contributed by atoms with E-state index in [-0.39, 0.29) is 11.3 Å². The summed E-state index contributed by atoms with van der Waals surface area (Å²) in [4.78, 5) is 30.8. The summed E-state index contributed by atoms with van der Waals surface area (Å²) >= 11 is 0. The van der Waals surface area contributed by atoms with Crippen LogP contribution in [0, 0.1) is 0 Å². The number of amides is 1. The average Bonchev–Trinajstić information content (AvgIpc) is 3.31. The van der Waals surface area contributed by atoms with Gasteiger partial charge < -0.3 is 14.9 Å². The Morgan fingerprint density at radius 2 is 1.67 bits per heavy atom. The van der Waals surface area contributed by atoms with Crippen molar-refractivity contribution in [2.45, 2.75) is 51.2 Å². The SMILES string of the molecule is CN1CCC(N(C)C(=O)/C=C/c2cc(C(C)(C)C)cc3ncn(-c4ccccc4)c23)CC1.O=C(O)C(F)(F)F. The Hall–Kier alpha value is -3.66. The lowest BCUT2D eigenvalue weighted by Crippen LogP contribution is -2.43. The second-order valence-electron chi connectivity index (χ2n) is 10.8. The fraction of sp³-hybridized carbons (Fsp3) is 0.414. The van der Waals surface area contributed by atoms with E-state index in [1.807, 2.05) is 42.6 Å². The van der Waals surface area contributed by atoms with E-state index in [9.17, 15) is 18.0 Å². The van der Waals surface area contributed by atoms with E-state index in [2.05, 4.69) is 61.6 Å². The van der Waals surface area contributed by atoms with Crippen LogP contribution in [0.2, 0.25) is 0 Å². The molecule has 1 aliphatic heterocycles. The highest BCUT2D eigenvalue weighted by Crippen LogP contribution is 2.31. The molecule has 2 aromatic carbocycles. The Labute approximate surface area is 226 Å². The molecule has 0 spiro atoms. The van der Waals surface area contributed by atoms with Crippen molar-refractivity contribution in [1.82, 2.24) is 19.4 Å². The van der Waals surface area contributed by atoms with Gasteiger partial charge in [-0.1, -0.05) is 39.0 Å². The van der Waals surface area contributed by atoms with Crippen molar-refractivity contribution in [3.63, 3.8) is 0 Å². The number of carboxylic acid groups (broad SMARTS) is 1. The molecule has 1 saturated heterocycles. The molecule has 0 radical (unpaired) electrons. The van der Waals surface area contributed by atoms with E-state index in [0.717, 1.165) is 48.2 Å². The molecule has 0 saturated carbocycles. The quantitative estimate of drug-likeness (QED) is 0.438. The van der Waals surface area contributed by atoms with Crippen molar-refractivity contribution in [3.8, 4) is 5.69 Å². The van der Waals surface area contributed by atoms with Crippen LogP contribution in [-0.2, 0) is 15.0 Å². The fourth-order valence-corrected chi connectivity index (χ4v) is 4.36. The summed E-state index contributed by atoms with van der Waals surface area (Å²) in [5, 5.41) is 7.12. The molecule has 3 aromatic rings. The van der Waals surface area contributed by atoms with Gasteiger partial charge >= 0.3 is 12.1 Å². The van der Waals surface area contributed by atoms with Crippen LogP contribution >= 0.6 is 0 Å². The first-order valence-electron chi connectivity index (χ1n) is 12.7. The van der Waals surface area contributed by atoms with Gasteiger partial charge in [0.25, 0.3) is 0 Å². The molecule has 0 aliphatic carbocycles. The number of alkyl halides is 3. The van der Waals surface area contributed by atoms with Gasteiger partial charge in [0, 0.05) is 30.4 Å². The minimum absolute atomic E-state index is 0.0117. The molecule has 210 valence electrons. The molecule has 2 heterocycles. The minimum Gasteiger partial charge on any atom is -0.475 e. The van der Waals surface area contributed by atoms with Crippen LogP contribution in [0.25, 0.3) is 22.8 Å². The van der Waals surface area contributed by atoms with Gasteiger partial charge in [0.15, 0.2) is 0 Å². The molecule has 1 aliphatic rings. The number of aromatic nitrogens is 2. The van der Waals surface area contributed by atoms with E-state index < -0.39 is 12.1 Å². The van der Waals surface area contributed by atoms with E-state index >= 15 is 0 Å². The number of likely N-dealkylation sites (N-methyl/N-ethyl adjacent to an activating group) is 1. The normalized spacial score (nSPS) is 15.3. The smallest absolute Gasteiger partial charge is 0.475 e. The number of fused-ring (bicyclic) bond motifs is 1. The van der Waals surface area contributed by atoms with Crippen LogP contribution in [0.15, 0.2) is 54.9 Å². The lowest BCUT2D eigenvalue weighted by atomic mass is 9.85. The Bertz CT molecular complexity index is 1320. The van der Waals surface area contributed by atoms with E-state index in [1.165, 1.54) is 5.56 Å². The van der Waals surface area contributed by atoms with E-state index in [1.54, 1.807) is 6.08 Å². The molecular formula is C29H35F3N4O3. The number of imidazole rings is 1. The van der Waals surface area contributed by atoms with Crippen molar-refractivity contribution >= 4 is 29.0 Å². The van der Waals surface area contributed by atoms with Gasteiger partial charge in [0.2, 0.25) is 5.91 Å². The zero-order chi connectivity index (χ0) is 29.0. The number of hydrogen-bond acceptors (Lipinski definition) is 4. The lowest BCUT2D eigenvalue weighted by molar-refractivity contribution is -0.192. The van der Waals surface area contributed by atoms with Crippen LogP contribution < -0.4 is 0 Å². The van der Waals surface area contributed by atoms with Gasteiger partial charge in [-0.2, -0.15) is 13.2 Å². The number of nitrogens with zero attached hydrogens (tertiary/aromatic N) is 4. The summed E-state index contributed by atoms with van der Waals surface area (Å²) in [5.74, 6) is -2.70. The monoisotopic (exact) mass is 544 g/mol. The summed E-state index contributed by atoms with van der Waals surface area (Å²) in [6.07, 6.45) is 2.53. The topological polar surface area (TPSA) is 78.7 Å². The molecule has 39 heavy (non-hydrogen) atoms. The molecule has 0 bridgehead atoms. The Morgan fingerprint density at radius 3 is 2.21 bits per heavy atom. The number of piperidine rings is 1. The molecule has 10 heteroatoms. The van der Waals surface area contributed by atoms with Gasteiger partial charge in [-0.05, 0) is 74.3 Å². The molecular weight excluding hydrogens is 509 g/mol. The molecule has 1 aromatic heterocycles. The second kappa shape index (κ2) is 12.0. The van der Waals surface area contributed by atoms with Crippen molar-refractivity contribution in [2.24, 2.45) is 0 Å². The van der Waals surface area contributed by atoms with Gasteiger partial charge in [-0.3, -0.25) is 9.36 Å². The molecule has 0 atom stereocenters. The third kappa shape index (κ3) is 7.69. The molecule has 1 fully saturated rings. The average molecular weight is 545 g/mol. The Kier molecular flexibility index (Phi) is 9.22. The maximum Gasteiger partial charge on any atom is 0.490 e. The number of halogens is 3. The van der Waals surface area contributed by atoms with Crippen molar-refractivity contribution in [1.29, 1.82) is 0 Å². The number of benzene rings is 2. The summed E-state index contributed by atoms with van der Waals surface area (Å²) in [6, 6.07) is 14.9. The number of likely N-dealkylation sites (tertiary alicyclic amines) is 1. The van der Waals surface area contributed by atoms with Crippen molar-refractivity contribution in [2.75, 3.05) is 27.2 Å². The number of aliphatic carboxylic acids is 1. The summed E-state index contributed by atoms with van der Waals surface area (Å²) < 4.78 is 33.8. The van der Waals surface area contributed by atoms with Gasteiger partial charge in [0.05, 0.1) is 11.0 Å². The van der Waals surface area contributed by atoms with Crippen LogP contribution in [0.4, 0.5) is 13.2 Å². The van der Waals surface area contributed by atoms with Gasteiger partial charge in [0.1, 0.15) is 6.33 Å². The Morgan fingerprint density at radius 1 is 1.08 bits per heavy atom. The first-order chi connectivity index (χ1) is 18.2. The predicted molar refractivity (Wildman–Crippen MR) is 146 cm³/mol. The number of carbonyl (C=O) groups is 2.